The smallest absolute Gasteiger partial charge is 0.234 e. The highest BCUT2D eigenvalue weighted by atomic mass is 32.2. The summed E-state index contributed by atoms with van der Waals surface area (Å²) >= 11 is 0. The predicted octanol–water partition coefficient (Wildman–Crippen LogP) is 1.35. The van der Waals surface area contributed by atoms with Gasteiger partial charge in [0, 0.05) is 5.41 Å². The van der Waals surface area contributed by atoms with Crippen LogP contribution in [0.4, 0.5) is 0 Å². The van der Waals surface area contributed by atoms with Crippen molar-refractivity contribution in [2.24, 2.45) is 0 Å². The molecule has 1 aromatic carbocycles. The van der Waals surface area contributed by atoms with E-state index in [4.69, 9.17) is 5.11 Å². The molecule has 94 valence electrons. The highest BCUT2D eigenvalue weighted by Crippen LogP contribution is 2.06. The summed E-state index contributed by atoms with van der Waals surface area (Å²) < 4.78 is 25.7. The number of nitrogens with one attached hydrogen (secondary N) is 1. The third-order valence-electron chi connectivity index (χ3n) is 2.05. The van der Waals surface area contributed by atoms with Crippen molar-refractivity contribution in [3.8, 4) is 0 Å². The maximum absolute atomic E-state index is 11.7. The fourth-order valence-corrected chi connectivity index (χ4v) is 2.42. The van der Waals surface area contributed by atoms with Crippen LogP contribution in [0.2, 0.25) is 0 Å². The van der Waals surface area contributed by atoms with Crippen molar-refractivity contribution < 1.29 is 13.5 Å². The van der Waals surface area contributed by atoms with E-state index in [0.717, 1.165) is 11.0 Å². The van der Waals surface area contributed by atoms with Crippen molar-refractivity contribution >= 4 is 16.1 Å². The van der Waals surface area contributed by atoms with E-state index < -0.39 is 15.6 Å². The average molecular weight is 255 g/mol. The zero-order valence-electron chi connectivity index (χ0n) is 9.92. The molecule has 1 rings (SSSR count). The summed E-state index contributed by atoms with van der Waals surface area (Å²) in [5.41, 5.74) is -0.0560. The molecule has 0 fully saturated rings. The van der Waals surface area contributed by atoms with Crippen molar-refractivity contribution in [1.82, 2.24) is 4.72 Å². The van der Waals surface area contributed by atoms with Crippen LogP contribution in [0.3, 0.4) is 0 Å². The van der Waals surface area contributed by atoms with Crippen molar-refractivity contribution in [2.75, 3.05) is 6.61 Å². The minimum absolute atomic E-state index is 0.259. The van der Waals surface area contributed by atoms with Crippen molar-refractivity contribution in [3.05, 3.63) is 41.3 Å². The van der Waals surface area contributed by atoms with Crippen LogP contribution in [-0.4, -0.2) is 25.7 Å². The van der Waals surface area contributed by atoms with Crippen LogP contribution in [-0.2, 0) is 10.0 Å². The van der Waals surface area contributed by atoms with Gasteiger partial charge in [-0.3, -0.25) is 0 Å². The first-order valence-corrected chi connectivity index (χ1v) is 6.77. The minimum atomic E-state index is -3.54. The second-order valence-corrected chi connectivity index (χ2v) is 5.97. The minimum Gasteiger partial charge on any atom is -0.394 e. The van der Waals surface area contributed by atoms with E-state index in [0.29, 0.717) is 0 Å². The molecular formula is C12H17NO3S. The first-order valence-electron chi connectivity index (χ1n) is 5.23. The number of aliphatic hydroxyl groups excluding tert-OH is 1. The third-order valence-corrected chi connectivity index (χ3v) is 3.38. The van der Waals surface area contributed by atoms with Crippen LogP contribution in [0.25, 0.3) is 6.08 Å². The van der Waals surface area contributed by atoms with E-state index in [1.54, 1.807) is 13.8 Å². The number of hydrogen-bond acceptors (Lipinski definition) is 3. The van der Waals surface area contributed by atoms with Crippen LogP contribution >= 0.6 is 0 Å². The second kappa shape index (κ2) is 5.44. The van der Waals surface area contributed by atoms with E-state index >= 15 is 0 Å². The molecule has 0 heterocycles. The number of sulfonamides is 1. The van der Waals surface area contributed by atoms with E-state index in [2.05, 4.69) is 4.72 Å². The van der Waals surface area contributed by atoms with Gasteiger partial charge in [-0.2, -0.15) is 0 Å². The fraction of sp³-hybridized carbons (Fsp3) is 0.333. The zero-order valence-corrected chi connectivity index (χ0v) is 10.7. The quantitative estimate of drug-likeness (QED) is 0.834. The first-order chi connectivity index (χ1) is 7.85. The van der Waals surface area contributed by atoms with Crippen molar-refractivity contribution in [1.29, 1.82) is 0 Å². The molecular weight excluding hydrogens is 238 g/mol. The van der Waals surface area contributed by atoms with Crippen LogP contribution in [0, 0.1) is 0 Å². The summed E-state index contributed by atoms with van der Waals surface area (Å²) in [5.74, 6) is 0. The van der Waals surface area contributed by atoms with Gasteiger partial charge in [0.15, 0.2) is 0 Å². The molecule has 0 aliphatic heterocycles. The Balaban J connectivity index is 2.78. The number of rotatable bonds is 5. The molecule has 0 amide bonds. The van der Waals surface area contributed by atoms with E-state index in [1.807, 2.05) is 30.3 Å². The lowest BCUT2D eigenvalue weighted by Crippen LogP contribution is -2.45. The molecule has 0 atom stereocenters. The number of hydrogen-bond donors (Lipinski definition) is 2. The van der Waals surface area contributed by atoms with E-state index in [9.17, 15) is 8.42 Å². The lowest BCUT2D eigenvalue weighted by atomic mass is 10.1. The van der Waals surface area contributed by atoms with Gasteiger partial charge >= 0.3 is 0 Å². The molecule has 0 aliphatic rings. The van der Waals surface area contributed by atoms with Crippen LogP contribution in [0.5, 0.6) is 0 Å². The van der Waals surface area contributed by atoms with Gasteiger partial charge in [0.25, 0.3) is 0 Å². The Morgan fingerprint density at radius 3 is 2.41 bits per heavy atom. The summed E-state index contributed by atoms with van der Waals surface area (Å²) in [4.78, 5) is 0. The molecule has 0 saturated carbocycles. The Labute approximate surface area is 102 Å². The van der Waals surface area contributed by atoms with Crippen LogP contribution < -0.4 is 4.72 Å². The number of aliphatic hydroxyl groups is 1. The molecule has 17 heavy (non-hydrogen) atoms. The Morgan fingerprint density at radius 1 is 1.29 bits per heavy atom. The van der Waals surface area contributed by atoms with Gasteiger partial charge in [0.05, 0.1) is 12.1 Å². The Bertz CT molecular complexity index is 478. The largest absolute Gasteiger partial charge is 0.394 e. The van der Waals surface area contributed by atoms with Crippen molar-refractivity contribution in [2.45, 2.75) is 19.4 Å². The highest BCUT2D eigenvalue weighted by molar-refractivity contribution is 7.92. The molecule has 2 N–H and O–H groups in total. The summed E-state index contributed by atoms with van der Waals surface area (Å²) in [5, 5.41) is 10.1. The maximum Gasteiger partial charge on any atom is 0.234 e. The normalized spacial score (nSPS) is 13.1. The Morgan fingerprint density at radius 2 is 1.88 bits per heavy atom. The molecule has 0 aromatic heterocycles. The monoisotopic (exact) mass is 255 g/mol. The molecule has 0 aliphatic carbocycles. The molecule has 4 nitrogen and oxygen atoms in total. The first kappa shape index (κ1) is 13.9. The topological polar surface area (TPSA) is 66.4 Å². The molecule has 0 unspecified atom stereocenters. The SMILES string of the molecule is CC(C)(CO)NS(=O)(=O)C=Cc1ccccc1. The summed E-state index contributed by atoms with van der Waals surface area (Å²) in [6, 6.07) is 9.14. The average Bonchev–Trinajstić information content (AvgIpc) is 2.27. The van der Waals surface area contributed by atoms with Gasteiger partial charge < -0.3 is 5.11 Å². The third kappa shape index (κ3) is 5.12. The molecule has 5 heteroatoms. The standard InChI is InChI=1S/C12H17NO3S/c1-12(2,10-14)13-17(15,16)9-8-11-6-4-3-5-7-11/h3-9,13-14H,10H2,1-2H3. The highest BCUT2D eigenvalue weighted by Gasteiger charge is 2.21. The molecule has 0 spiro atoms. The van der Waals surface area contributed by atoms with E-state index in [1.165, 1.54) is 6.08 Å². The Hall–Kier alpha value is -1.17. The lowest BCUT2D eigenvalue weighted by molar-refractivity contribution is 0.209. The van der Waals surface area contributed by atoms with Crippen molar-refractivity contribution in [3.63, 3.8) is 0 Å². The summed E-state index contributed by atoms with van der Waals surface area (Å²) in [6.07, 6.45) is 1.51. The van der Waals surface area contributed by atoms with Gasteiger partial charge in [-0.15, -0.1) is 0 Å². The number of benzene rings is 1. The van der Waals surface area contributed by atoms with Gasteiger partial charge in [-0.25, -0.2) is 13.1 Å². The van der Waals surface area contributed by atoms with E-state index in [-0.39, 0.29) is 6.61 Å². The van der Waals surface area contributed by atoms with Crippen LogP contribution in [0.15, 0.2) is 35.7 Å². The van der Waals surface area contributed by atoms with Crippen LogP contribution in [0.1, 0.15) is 19.4 Å². The van der Waals surface area contributed by atoms with Gasteiger partial charge in [0.1, 0.15) is 0 Å². The molecule has 1 aromatic rings. The summed E-state index contributed by atoms with van der Waals surface area (Å²) in [7, 11) is -3.54. The molecule has 0 bridgehead atoms. The van der Waals surface area contributed by atoms with Gasteiger partial charge in [-0.05, 0) is 25.5 Å². The van der Waals surface area contributed by atoms with Gasteiger partial charge in [0.2, 0.25) is 10.0 Å². The second-order valence-electron chi connectivity index (χ2n) is 4.40. The Kier molecular flexibility index (Phi) is 4.45. The summed E-state index contributed by atoms with van der Waals surface area (Å²) in [6.45, 7) is 2.97. The van der Waals surface area contributed by atoms with Gasteiger partial charge in [-0.1, -0.05) is 30.3 Å². The molecule has 0 saturated heterocycles. The fourth-order valence-electron chi connectivity index (χ4n) is 1.18. The zero-order chi connectivity index (χ0) is 12.9. The predicted molar refractivity (Wildman–Crippen MR) is 68.7 cm³/mol. The molecule has 0 radical (unpaired) electrons. The maximum atomic E-state index is 11.7. The lowest BCUT2D eigenvalue weighted by Gasteiger charge is -2.21.